The Bertz CT molecular complexity index is 349. The van der Waals surface area contributed by atoms with E-state index >= 15 is 0 Å². The Morgan fingerprint density at radius 2 is 2.31 bits per heavy atom. The van der Waals surface area contributed by atoms with Crippen LogP contribution >= 0.6 is 0 Å². The molecule has 0 aliphatic carbocycles. The van der Waals surface area contributed by atoms with E-state index in [9.17, 15) is 5.11 Å². The van der Waals surface area contributed by atoms with Crippen LogP contribution < -0.4 is 10.5 Å². The highest BCUT2D eigenvalue weighted by Gasteiger charge is 2.10. The maximum atomic E-state index is 9.35. The van der Waals surface area contributed by atoms with Crippen molar-refractivity contribution < 1.29 is 9.84 Å². The first-order valence-electron chi connectivity index (χ1n) is 3.65. The Labute approximate surface area is 75.7 Å². The summed E-state index contributed by atoms with van der Waals surface area (Å²) in [5.74, 6) is 0.0701. The summed E-state index contributed by atoms with van der Waals surface area (Å²) in [6, 6.07) is 1.39. The molecule has 0 aromatic carbocycles. The van der Waals surface area contributed by atoms with E-state index in [1.807, 2.05) is 0 Å². The van der Waals surface area contributed by atoms with Gasteiger partial charge in [0.2, 0.25) is 0 Å². The first-order valence-corrected chi connectivity index (χ1v) is 3.65. The molecule has 1 heterocycles. The van der Waals surface area contributed by atoms with Gasteiger partial charge in [-0.2, -0.15) is 0 Å². The molecule has 0 amide bonds. The predicted octanol–water partition coefficient (Wildman–Crippen LogP) is 0.388. The average molecular weight is 181 g/mol. The first kappa shape index (κ1) is 9.31. The summed E-state index contributed by atoms with van der Waals surface area (Å²) in [6.45, 7) is 1.71. The third-order valence-corrected chi connectivity index (χ3v) is 1.62. The van der Waals surface area contributed by atoms with Gasteiger partial charge in [0.05, 0.1) is 12.8 Å². The van der Waals surface area contributed by atoms with Gasteiger partial charge in [0.25, 0.3) is 0 Å². The van der Waals surface area contributed by atoms with Crippen LogP contribution in [0.2, 0.25) is 0 Å². The second-order valence-corrected chi connectivity index (χ2v) is 2.56. The van der Waals surface area contributed by atoms with Gasteiger partial charge in [-0.05, 0) is 6.92 Å². The molecule has 1 aromatic heterocycles. The molecular weight excluding hydrogens is 170 g/mol. The number of rotatable bonds is 2. The summed E-state index contributed by atoms with van der Waals surface area (Å²) < 4.78 is 4.93. The van der Waals surface area contributed by atoms with Gasteiger partial charge in [-0.25, -0.2) is 4.98 Å². The summed E-state index contributed by atoms with van der Waals surface area (Å²) in [6.07, 6.45) is 0. The van der Waals surface area contributed by atoms with E-state index in [4.69, 9.17) is 15.9 Å². The number of aromatic nitrogens is 1. The maximum absolute atomic E-state index is 9.35. The van der Waals surface area contributed by atoms with Crippen molar-refractivity contribution in [2.24, 2.45) is 5.73 Å². The van der Waals surface area contributed by atoms with Crippen molar-refractivity contribution in [3.8, 4) is 11.5 Å². The lowest BCUT2D eigenvalue weighted by atomic mass is 10.2. The van der Waals surface area contributed by atoms with E-state index in [0.717, 1.165) is 0 Å². The van der Waals surface area contributed by atoms with Crippen molar-refractivity contribution in [2.45, 2.75) is 6.92 Å². The molecule has 0 radical (unpaired) electrons. The van der Waals surface area contributed by atoms with Crippen molar-refractivity contribution in [3.05, 3.63) is 17.5 Å². The molecule has 4 N–H and O–H groups in total. The number of methoxy groups -OCH3 is 1. The minimum atomic E-state index is -0.261. The van der Waals surface area contributed by atoms with Gasteiger partial charge in [-0.3, -0.25) is 5.41 Å². The molecule has 0 saturated carbocycles. The molecule has 0 saturated heterocycles. The summed E-state index contributed by atoms with van der Waals surface area (Å²) in [7, 11) is 1.48. The number of nitrogens with zero attached hydrogens (tertiary/aromatic N) is 1. The summed E-state index contributed by atoms with van der Waals surface area (Å²) >= 11 is 0. The zero-order chi connectivity index (χ0) is 10.0. The number of aryl methyl sites for hydroxylation is 1. The van der Waals surface area contributed by atoms with Crippen LogP contribution in [0.5, 0.6) is 11.5 Å². The Balaban J connectivity index is 3.28. The van der Waals surface area contributed by atoms with Crippen molar-refractivity contribution in [1.29, 1.82) is 5.41 Å². The van der Waals surface area contributed by atoms with Crippen LogP contribution in [-0.2, 0) is 0 Å². The van der Waals surface area contributed by atoms with Gasteiger partial charge < -0.3 is 15.6 Å². The monoisotopic (exact) mass is 181 g/mol. The van der Waals surface area contributed by atoms with Gasteiger partial charge in [0.15, 0.2) is 0 Å². The van der Waals surface area contributed by atoms with Crippen LogP contribution in [0.15, 0.2) is 6.07 Å². The Kier molecular flexibility index (Phi) is 2.36. The van der Waals surface area contributed by atoms with Crippen molar-refractivity contribution in [1.82, 2.24) is 4.98 Å². The average Bonchev–Trinajstić information content (AvgIpc) is 2.07. The lowest BCUT2D eigenvalue weighted by Crippen LogP contribution is -2.14. The quantitative estimate of drug-likeness (QED) is 0.454. The van der Waals surface area contributed by atoms with E-state index in [-0.39, 0.29) is 17.3 Å². The predicted molar refractivity (Wildman–Crippen MR) is 48.2 cm³/mol. The Hall–Kier alpha value is -1.78. The SMILES string of the molecule is COc1cc(O)c(C(=N)N)nc1C. The van der Waals surface area contributed by atoms with Gasteiger partial charge in [-0.15, -0.1) is 0 Å². The van der Waals surface area contributed by atoms with Crippen LogP contribution in [0.25, 0.3) is 0 Å². The summed E-state index contributed by atoms with van der Waals surface area (Å²) in [4.78, 5) is 3.92. The van der Waals surface area contributed by atoms with Gasteiger partial charge >= 0.3 is 0 Å². The molecule has 0 spiro atoms. The fourth-order valence-electron chi connectivity index (χ4n) is 0.982. The number of nitrogens with two attached hydrogens (primary N) is 1. The van der Waals surface area contributed by atoms with Gasteiger partial charge in [-0.1, -0.05) is 0 Å². The molecule has 0 bridgehead atoms. The lowest BCUT2D eigenvalue weighted by molar-refractivity contribution is 0.400. The maximum Gasteiger partial charge on any atom is 0.148 e. The van der Waals surface area contributed by atoms with Crippen LogP contribution in [-0.4, -0.2) is 23.0 Å². The van der Waals surface area contributed by atoms with E-state index in [1.165, 1.54) is 13.2 Å². The second kappa shape index (κ2) is 3.30. The zero-order valence-electron chi connectivity index (χ0n) is 7.46. The van der Waals surface area contributed by atoms with Gasteiger partial charge in [0, 0.05) is 6.07 Å². The highest BCUT2D eigenvalue weighted by molar-refractivity contribution is 5.95. The zero-order valence-corrected chi connectivity index (χ0v) is 7.46. The highest BCUT2D eigenvalue weighted by atomic mass is 16.5. The van der Waals surface area contributed by atoms with Crippen molar-refractivity contribution >= 4 is 5.84 Å². The number of aromatic hydroxyl groups is 1. The summed E-state index contributed by atoms with van der Waals surface area (Å²) in [5.41, 5.74) is 5.87. The Morgan fingerprint density at radius 1 is 1.69 bits per heavy atom. The standard InChI is InChI=1S/C8H11N3O2/c1-4-6(13-2)3-5(12)7(11-4)8(9)10/h3,12H,1-2H3,(H3,9,10). The fraction of sp³-hybridized carbons (Fsp3) is 0.250. The van der Waals surface area contributed by atoms with Crippen molar-refractivity contribution in [3.63, 3.8) is 0 Å². The fourth-order valence-corrected chi connectivity index (χ4v) is 0.982. The number of pyridine rings is 1. The molecule has 0 fully saturated rings. The summed E-state index contributed by atoms with van der Waals surface area (Å²) in [5, 5.41) is 16.5. The van der Waals surface area contributed by atoms with Crippen LogP contribution in [0, 0.1) is 12.3 Å². The topological polar surface area (TPSA) is 92.2 Å². The van der Waals surface area contributed by atoms with E-state index in [2.05, 4.69) is 4.98 Å². The van der Waals surface area contributed by atoms with Crippen molar-refractivity contribution in [2.75, 3.05) is 7.11 Å². The molecule has 5 nitrogen and oxygen atoms in total. The molecule has 0 unspecified atom stereocenters. The second-order valence-electron chi connectivity index (χ2n) is 2.56. The van der Waals surface area contributed by atoms with Crippen LogP contribution in [0.4, 0.5) is 0 Å². The van der Waals surface area contributed by atoms with E-state index in [1.54, 1.807) is 6.92 Å². The Morgan fingerprint density at radius 3 is 2.77 bits per heavy atom. The minimum absolute atomic E-state index is 0.0818. The molecule has 0 aliphatic heterocycles. The number of amidine groups is 1. The molecule has 1 aromatic rings. The number of nitrogens with one attached hydrogen (secondary N) is 1. The third-order valence-electron chi connectivity index (χ3n) is 1.62. The third kappa shape index (κ3) is 1.69. The van der Waals surface area contributed by atoms with Crippen LogP contribution in [0.3, 0.4) is 0 Å². The molecule has 1 rings (SSSR count). The van der Waals surface area contributed by atoms with E-state index in [0.29, 0.717) is 11.4 Å². The molecular formula is C8H11N3O2. The number of ether oxygens (including phenoxy) is 1. The number of hydrogen-bond acceptors (Lipinski definition) is 4. The minimum Gasteiger partial charge on any atom is -0.505 e. The number of nitrogen functional groups attached to an aromatic ring is 1. The van der Waals surface area contributed by atoms with E-state index < -0.39 is 0 Å². The molecule has 5 heteroatoms. The molecule has 0 atom stereocenters. The smallest absolute Gasteiger partial charge is 0.148 e. The molecule has 70 valence electrons. The molecule has 13 heavy (non-hydrogen) atoms. The number of hydrogen-bond donors (Lipinski definition) is 3. The lowest BCUT2D eigenvalue weighted by Gasteiger charge is -2.07. The van der Waals surface area contributed by atoms with Gasteiger partial charge in [0.1, 0.15) is 23.0 Å². The van der Waals surface area contributed by atoms with Crippen LogP contribution in [0.1, 0.15) is 11.4 Å². The first-order chi connectivity index (χ1) is 6.06. The highest BCUT2D eigenvalue weighted by Crippen LogP contribution is 2.23. The largest absolute Gasteiger partial charge is 0.505 e. The molecule has 0 aliphatic rings. The normalized spacial score (nSPS) is 9.69.